The molecule has 2 atom stereocenters. The molecule has 0 fully saturated rings. The monoisotopic (exact) mass is 641 g/mol. The number of hydrogen-bond acceptors (Lipinski definition) is 4. The highest BCUT2D eigenvalue weighted by Crippen LogP contribution is 2.24. The Balaban J connectivity index is 2.05. The molecule has 3 aromatic rings. The maximum absolute atomic E-state index is 14.2. The average Bonchev–Trinajstić information content (AvgIpc) is 2.93. The van der Waals surface area contributed by atoms with Crippen LogP contribution in [0.2, 0.25) is 0 Å². The molecule has 220 valence electrons. The van der Waals surface area contributed by atoms with E-state index in [0.717, 1.165) is 38.1 Å². The maximum atomic E-state index is 14.2. The summed E-state index contributed by atoms with van der Waals surface area (Å²) in [5.41, 5.74) is 3.17. The number of sulfonamides is 1. The average molecular weight is 643 g/mol. The maximum Gasteiger partial charge on any atom is 0.244 e. The minimum Gasteiger partial charge on any atom is -0.352 e. The van der Waals surface area contributed by atoms with Gasteiger partial charge in [0.05, 0.1) is 11.9 Å². The van der Waals surface area contributed by atoms with Crippen LogP contribution < -0.4 is 9.62 Å². The Morgan fingerprint density at radius 2 is 1.54 bits per heavy atom. The Hall–Kier alpha value is -3.17. The molecule has 3 aromatic carbocycles. The first kappa shape index (κ1) is 32.3. The second-order valence-corrected chi connectivity index (χ2v) is 13.5. The summed E-state index contributed by atoms with van der Waals surface area (Å²) in [5.74, 6) is -0.469. The fourth-order valence-corrected chi connectivity index (χ4v) is 5.76. The Morgan fingerprint density at radius 1 is 0.902 bits per heavy atom. The Bertz CT molecular complexity index is 1410. The van der Waals surface area contributed by atoms with Crippen molar-refractivity contribution in [3.05, 3.63) is 100 Å². The number of amides is 2. The zero-order valence-electron chi connectivity index (χ0n) is 24.4. The van der Waals surface area contributed by atoms with Gasteiger partial charge in [-0.1, -0.05) is 91.3 Å². The van der Waals surface area contributed by atoms with Crippen molar-refractivity contribution >= 4 is 43.5 Å². The summed E-state index contributed by atoms with van der Waals surface area (Å²) in [5, 5.41) is 3.04. The molecular formula is C32H40BrN3O4S. The third-order valence-electron chi connectivity index (χ3n) is 7.04. The minimum absolute atomic E-state index is 0.0874. The number of carbonyl (C=O) groups excluding carboxylic acids is 2. The molecule has 0 aliphatic carbocycles. The van der Waals surface area contributed by atoms with Crippen LogP contribution in [0.4, 0.5) is 5.69 Å². The van der Waals surface area contributed by atoms with E-state index in [0.29, 0.717) is 5.69 Å². The van der Waals surface area contributed by atoms with Crippen LogP contribution in [0, 0.1) is 0 Å². The van der Waals surface area contributed by atoms with Crippen molar-refractivity contribution in [3.63, 3.8) is 0 Å². The standard InChI is InChI=1S/C32H40BrN3O4S/c1-6-24(4)34-32(38)30(20-25-11-8-7-9-12-25)35(21-26-13-10-14-28(33)19-26)31(37)22-36(41(5,39)40)29-17-15-27(16-18-29)23(2)3/h7-19,23-24,30H,6,20-22H2,1-5H3,(H,34,38). The number of anilines is 1. The van der Waals surface area contributed by atoms with Gasteiger partial charge >= 0.3 is 0 Å². The first-order valence-corrected chi connectivity index (χ1v) is 16.5. The van der Waals surface area contributed by atoms with Gasteiger partial charge in [-0.2, -0.15) is 0 Å². The SMILES string of the molecule is CCC(C)NC(=O)C(Cc1ccccc1)N(Cc1cccc(Br)c1)C(=O)CN(c1ccc(C(C)C)cc1)S(C)(=O)=O. The smallest absolute Gasteiger partial charge is 0.244 e. The van der Waals surface area contributed by atoms with E-state index in [2.05, 4.69) is 35.1 Å². The predicted molar refractivity (Wildman–Crippen MR) is 169 cm³/mol. The zero-order chi connectivity index (χ0) is 30.2. The molecule has 0 saturated heterocycles. The first-order chi connectivity index (χ1) is 19.4. The van der Waals surface area contributed by atoms with Gasteiger partial charge in [0.25, 0.3) is 0 Å². The van der Waals surface area contributed by atoms with Crippen molar-refractivity contribution in [3.8, 4) is 0 Å². The van der Waals surface area contributed by atoms with Crippen LogP contribution in [0.1, 0.15) is 56.7 Å². The van der Waals surface area contributed by atoms with Crippen molar-refractivity contribution in [1.29, 1.82) is 0 Å². The number of hydrogen-bond donors (Lipinski definition) is 1. The molecule has 0 saturated carbocycles. The topological polar surface area (TPSA) is 86.8 Å². The summed E-state index contributed by atoms with van der Waals surface area (Å²) < 4.78 is 27.9. The third-order valence-corrected chi connectivity index (χ3v) is 8.67. The molecule has 0 radical (unpaired) electrons. The van der Waals surface area contributed by atoms with Gasteiger partial charge in [0.15, 0.2) is 0 Å². The molecule has 41 heavy (non-hydrogen) atoms. The van der Waals surface area contributed by atoms with E-state index in [4.69, 9.17) is 0 Å². The van der Waals surface area contributed by atoms with Crippen LogP contribution >= 0.6 is 15.9 Å². The van der Waals surface area contributed by atoms with Crippen LogP contribution in [0.5, 0.6) is 0 Å². The van der Waals surface area contributed by atoms with E-state index in [-0.39, 0.29) is 30.8 Å². The van der Waals surface area contributed by atoms with Gasteiger partial charge in [0, 0.05) is 23.5 Å². The number of carbonyl (C=O) groups is 2. The van der Waals surface area contributed by atoms with Gasteiger partial charge in [-0.15, -0.1) is 0 Å². The molecule has 0 aliphatic heterocycles. The van der Waals surface area contributed by atoms with Crippen LogP contribution in [0.25, 0.3) is 0 Å². The van der Waals surface area contributed by atoms with Crippen LogP contribution in [-0.2, 0) is 32.6 Å². The van der Waals surface area contributed by atoms with E-state index in [1.54, 1.807) is 12.1 Å². The Labute approximate surface area is 253 Å². The largest absolute Gasteiger partial charge is 0.352 e. The Kier molecular flexibility index (Phi) is 11.5. The van der Waals surface area contributed by atoms with Crippen LogP contribution in [-0.4, -0.2) is 50.0 Å². The lowest BCUT2D eigenvalue weighted by atomic mass is 10.0. The highest BCUT2D eigenvalue weighted by atomic mass is 79.9. The molecule has 3 rings (SSSR count). The zero-order valence-corrected chi connectivity index (χ0v) is 26.8. The quantitative estimate of drug-likeness (QED) is 0.252. The number of benzene rings is 3. The summed E-state index contributed by atoms with van der Waals surface area (Å²) in [6.07, 6.45) is 2.11. The van der Waals surface area contributed by atoms with Crippen molar-refractivity contribution in [2.24, 2.45) is 0 Å². The highest BCUT2D eigenvalue weighted by Gasteiger charge is 2.33. The van der Waals surface area contributed by atoms with Crippen molar-refractivity contribution < 1.29 is 18.0 Å². The van der Waals surface area contributed by atoms with Gasteiger partial charge in [0.1, 0.15) is 12.6 Å². The van der Waals surface area contributed by atoms with Crippen molar-refractivity contribution in [2.75, 3.05) is 17.1 Å². The van der Waals surface area contributed by atoms with E-state index >= 15 is 0 Å². The van der Waals surface area contributed by atoms with Crippen molar-refractivity contribution in [1.82, 2.24) is 10.2 Å². The van der Waals surface area contributed by atoms with E-state index in [9.17, 15) is 18.0 Å². The molecule has 0 aromatic heterocycles. The van der Waals surface area contributed by atoms with Crippen LogP contribution in [0.3, 0.4) is 0 Å². The molecule has 2 unspecified atom stereocenters. The minimum atomic E-state index is -3.81. The molecule has 1 N–H and O–H groups in total. The van der Waals surface area contributed by atoms with Gasteiger partial charge in [-0.25, -0.2) is 8.42 Å². The van der Waals surface area contributed by atoms with E-state index in [1.165, 1.54) is 4.90 Å². The molecular weight excluding hydrogens is 602 g/mol. The summed E-state index contributed by atoms with van der Waals surface area (Å²) >= 11 is 3.49. The summed E-state index contributed by atoms with van der Waals surface area (Å²) in [4.78, 5) is 29.4. The summed E-state index contributed by atoms with van der Waals surface area (Å²) in [6.45, 7) is 7.72. The summed E-state index contributed by atoms with van der Waals surface area (Å²) in [7, 11) is -3.81. The highest BCUT2D eigenvalue weighted by molar-refractivity contribution is 9.10. The lowest BCUT2D eigenvalue weighted by Gasteiger charge is -2.34. The molecule has 0 aliphatic rings. The number of rotatable bonds is 13. The predicted octanol–water partition coefficient (Wildman–Crippen LogP) is 5.89. The molecule has 0 heterocycles. The number of halogens is 1. The van der Waals surface area contributed by atoms with Crippen LogP contribution in [0.15, 0.2) is 83.3 Å². The molecule has 7 nitrogen and oxygen atoms in total. The van der Waals surface area contributed by atoms with E-state index < -0.39 is 28.5 Å². The fourth-order valence-electron chi connectivity index (χ4n) is 4.47. The van der Waals surface area contributed by atoms with Gasteiger partial charge in [0.2, 0.25) is 21.8 Å². The molecule has 9 heteroatoms. The summed E-state index contributed by atoms with van der Waals surface area (Å²) in [6, 6.07) is 23.3. The van der Waals surface area contributed by atoms with Gasteiger partial charge < -0.3 is 10.2 Å². The van der Waals surface area contributed by atoms with Crippen molar-refractivity contribution in [2.45, 2.75) is 65.1 Å². The second-order valence-electron chi connectivity index (χ2n) is 10.7. The van der Waals surface area contributed by atoms with Gasteiger partial charge in [-0.3, -0.25) is 13.9 Å². The van der Waals surface area contributed by atoms with Gasteiger partial charge in [-0.05, 0) is 60.2 Å². The second kappa shape index (κ2) is 14.6. The molecule has 0 spiro atoms. The lowest BCUT2D eigenvalue weighted by molar-refractivity contribution is -0.140. The normalized spacial score (nSPS) is 13.0. The first-order valence-electron chi connectivity index (χ1n) is 13.8. The molecule has 2 amide bonds. The Morgan fingerprint density at radius 3 is 2.10 bits per heavy atom. The third kappa shape index (κ3) is 9.43. The number of nitrogens with zero attached hydrogens (tertiary/aromatic N) is 2. The fraction of sp³-hybridized carbons (Fsp3) is 0.375. The number of nitrogens with one attached hydrogen (secondary N) is 1. The van der Waals surface area contributed by atoms with E-state index in [1.807, 2.05) is 80.6 Å². The molecule has 0 bridgehead atoms. The lowest BCUT2D eigenvalue weighted by Crippen LogP contribution is -2.54.